The van der Waals surface area contributed by atoms with Crippen LogP contribution in [0.15, 0.2) is 11.4 Å². The fraction of sp³-hybridized carbons (Fsp3) is 0.714. The number of aryl methyl sites for hydroxylation is 1. The maximum atomic E-state index is 10.2. The minimum atomic E-state index is -0.272. The smallest absolute Gasteiger partial charge is 0.0884 e. The molecule has 0 aliphatic carbocycles. The summed E-state index contributed by atoms with van der Waals surface area (Å²) in [6.07, 6.45) is 6.64. The van der Waals surface area contributed by atoms with Crippen molar-refractivity contribution in [1.29, 1.82) is 0 Å². The molecule has 2 atom stereocenters. The molecule has 3 heteroatoms. The second-order valence-corrected chi connectivity index (χ2v) is 5.69. The summed E-state index contributed by atoms with van der Waals surface area (Å²) >= 11 is 1.68. The quantitative estimate of drug-likeness (QED) is 0.839. The molecule has 2 heterocycles. The van der Waals surface area contributed by atoms with Crippen LogP contribution in [0.4, 0.5) is 0 Å². The first-order chi connectivity index (χ1) is 8.31. The van der Waals surface area contributed by atoms with E-state index < -0.39 is 0 Å². The Hall–Kier alpha value is -0.380. The fourth-order valence-corrected chi connectivity index (χ4v) is 3.49. The van der Waals surface area contributed by atoms with E-state index in [9.17, 15) is 5.11 Å². The lowest BCUT2D eigenvalue weighted by atomic mass is 10.0. The number of thiophene rings is 1. The van der Waals surface area contributed by atoms with Crippen LogP contribution in [0.2, 0.25) is 0 Å². The van der Waals surface area contributed by atoms with E-state index in [2.05, 4.69) is 18.4 Å². The van der Waals surface area contributed by atoms with Crippen LogP contribution in [0.5, 0.6) is 0 Å². The molecule has 1 aromatic heterocycles. The molecule has 17 heavy (non-hydrogen) atoms. The van der Waals surface area contributed by atoms with Gasteiger partial charge in [-0.05, 0) is 55.5 Å². The molecule has 96 valence electrons. The number of hydrogen-bond donors (Lipinski definition) is 1. The average Bonchev–Trinajstić information content (AvgIpc) is 2.99. The Labute approximate surface area is 108 Å². The highest BCUT2D eigenvalue weighted by Gasteiger charge is 2.17. The Kier molecular flexibility index (Phi) is 5.01. The maximum absolute atomic E-state index is 10.2. The topological polar surface area (TPSA) is 29.5 Å². The average molecular weight is 254 g/mol. The molecule has 1 aliphatic heterocycles. The highest BCUT2D eigenvalue weighted by atomic mass is 32.1. The Balaban J connectivity index is 1.74. The molecule has 1 saturated heterocycles. The normalized spacial score (nSPS) is 21.9. The van der Waals surface area contributed by atoms with Crippen LogP contribution >= 0.6 is 11.3 Å². The van der Waals surface area contributed by atoms with Gasteiger partial charge in [0.2, 0.25) is 0 Å². The van der Waals surface area contributed by atoms with Crippen molar-refractivity contribution in [3.63, 3.8) is 0 Å². The third-order valence-corrected chi connectivity index (χ3v) is 4.55. The van der Waals surface area contributed by atoms with Gasteiger partial charge in [0, 0.05) is 11.5 Å². The van der Waals surface area contributed by atoms with Crippen LogP contribution < -0.4 is 0 Å². The Morgan fingerprint density at radius 3 is 3.18 bits per heavy atom. The van der Waals surface area contributed by atoms with Gasteiger partial charge in [-0.2, -0.15) is 0 Å². The van der Waals surface area contributed by atoms with Gasteiger partial charge in [0.25, 0.3) is 0 Å². The lowest BCUT2D eigenvalue weighted by Crippen LogP contribution is -2.06. The first-order valence-corrected chi connectivity index (χ1v) is 7.55. The first-order valence-electron chi connectivity index (χ1n) is 6.67. The van der Waals surface area contributed by atoms with E-state index >= 15 is 0 Å². The van der Waals surface area contributed by atoms with Gasteiger partial charge in [0.1, 0.15) is 0 Å². The fourth-order valence-electron chi connectivity index (χ4n) is 2.47. The number of rotatable bonds is 6. The van der Waals surface area contributed by atoms with Gasteiger partial charge in [0.15, 0.2) is 0 Å². The molecule has 2 rings (SSSR count). The van der Waals surface area contributed by atoms with Gasteiger partial charge < -0.3 is 9.84 Å². The standard InChI is InChI=1S/C14H22O2S/c1-2-11-8-10-17-14(11)13(15)7-3-5-12-6-4-9-16-12/h8,10,12-13,15H,2-7,9H2,1H3. The molecule has 2 nitrogen and oxygen atoms in total. The lowest BCUT2D eigenvalue weighted by Gasteiger charge is -2.13. The van der Waals surface area contributed by atoms with Crippen molar-refractivity contribution in [3.05, 3.63) is 21.9 Å². The molecule has 1 fully saturated rings. The van der Waals surface area contributed by atoms with Gasteiger partial charge in [-0.15, -0.1) is 11.3 Å². The lowest BCUT2D eigenvalue weighted by molar-refractivity contribution is 0.0948. The number of aliphatic hydroxyl groups excluding tert-OH is 1. The number of aliphatic hydroxyl groups is 1. The Morgan fingerprint density at radius 2 is 2.47 bits per heavy atom. The minimum Gasteiger partial charge on any atom is -0.388 e. The molecule has 1 aliphatic rings. The SMILES string of the molecule is CCc1ccsc1C(O)CCCC1CCCO1. The van der Waals surface area contributed by atoms with Crippen LogP contribution in [0.25, 0.3) is 0 Å². The summed E-state index contributed by atoms with van der Waals surface area (Å²) in [7, 11) is 0. The van der Waals surface area contributed by atoms with Crippen molar-refractivity contribution in [1.82, 2.24) is 0 Å². The van der Waals surface area contributed by atoms with Gasteiger partial charge in [-0.3, -0.25) is 0 Å². The van der Waals surface area contributed by atoms with Gasteiger partial charge in [0.05, 0.1) is 12.2 Å². The zero-order valence-electron chi connectivity index (χ0n) is 10.5. The molecule has 0 saturated carbocycles. The van der Waals surface area contributed by atoms with Gasteiger partial charge in [-0.1, -0.05) is 6.92 Å². The molecular weight excluding hydrogens is 232 g/mol. The Morgan fingerprint density at radius 1 is 1.59 bits per heavy atom. The largest absolute Gasteiger partial charge is 0.388 e. The van der Waals surface area contributed by atoms with E-state index in [4.69, 9.17) is 4.74 Å². The highest BCUT2D eigenvalue weighted by molar-refractivity contribution is 7.10. The summed E-state index contributed by atoms with van der Waals surface area (Å²) < 4.78 is 5.59. The zero-order chi connectivity index (χ0) is 12.1. The maximum Gasteiger partial charge on any atom is 0.0884 e. The molecule has 2 unspecified atom stereocenters. The molecule has 0 bridgehead atoms. The van der Waals surface area contributed by atoms with Crippen molar-refractivity contribution in [2.45, 2.75) is 57.7 Å². The number of hydrogen-bond acceptors (Lipinski definition) is 3. The van der Waals surface area contributed by atoms with Crippen LogP contribution in [-0.4, -0.2) is 17.8 Å². The van der Waals surface area contributed by atoms with E-state index in [1.807, 2.05) is 0 Å². The Bertz CT molecular complexity index is 329. The molecule has 0 amide bonds. The first kappa shape index (κ1) is 13.1. The summed E-state index contributed by atoms with van der Waals surface area (Å²) in [5.74, 6) is 0. The summed E-state index contributed by atoms with van der Waals surface area (Å²) in [4.78, 5) is 1.17. The van der Waals surface area contributed by atoms with Gasteiger partial charge >= 0.3 is 0 Å². The van der Waals surface area contributed by atoms with Crippen molar-refractivity contribution < 1.29 is 9.84 Å². The predicted molar refractivity (Wildman–Crippen MR) is 71.5 cm³/mol. The third kappa shape index (κ3) is 3.54. The number of ether oxygens (including phenoxy) is 1. The van der Waals surface area contributed by atoms with E-state index in [-0.39, 0.29) is 6.10 Å². The summed E-state index contributed by atoms with van der Waals surface area (Å²) in [6.45, 7) is 3.07. The second kappa shape index (κ2) is 6.53. The van der Waals surface area contributed by atoms with Crippen LogP contribution in [0.3, 0.4) is 0 Å². The van der Waals surface area contributed by atoms with Crippen LogP contribution in [-0.2, 0) is 11.2 Å². The van der Waals surface area contributed by atoms with E-state index in [0.29, 0.717) is 6.10 Å². The summed E-state index contributed by atoms with van der Waals surface area (Å²) in [5.41, 5.74) is 1.31. The third-order valence-electron chi connectivity index (χ3n) is 3.49. The molecule has 1 N–H and O–H groups in total. The molecule has 0 aromatic carbocycles. The minimum absolute atomic E-state index is 0.272. The predicted octanol–water partition coefficient (Wildman–Crippen LogP) is 3.69. The highest BCUT2D eigenvalue weighted by Crippen LogP contribution is 2.29. The van der Waals surface area contributed by atoms with Crippen molar-refractivity contribution >= 4 is 11.3 Å². The molecule has 1 aromatic rings. The van der Waals surface area contributed by atoms with Crippen molar-refractivity contribution in [3.8, 4) is 0 Å². The van der Waals surface area contributed by atoms with E-state index in [1.165, 1.54) is 23.3 Å². The summed E-state index contributed by atoms with van der Waals surface area (Å²) in [5, 5.41) is 12.2. The molecule has 0 spiro atoms. The van der Waals surface area contributed by atoms with Gasteiger partial charge in [-0.25, -0.2) is 0 Å². The zero-order valence-corrected chi connectivity index (χ0v) is 11.3. The van der Waals surface area contributed by atoms with E-state index in [0.717, 1.165) is 32.3 Å². The second-order valence-electron chi connectivity index (χ2n) is 4.75. The summed E-state index contributed by atoms with van der Waals surface area (Å²) in [6, 6.07) is 2.13. The van der Waals surface area contributed by atoms with Crippen LogP contribution in [0, 0.1) is 0 Å². The monoisotopic (exact) mass is 254 g/mol. The van der Waals surface area contributed by atoms with Crippen molar-refractivity contribution in [2.24, 2.45) is 0 Å². The van der Waals surface area contributed by atoms with Crippen molar-refractivity contribution in [2.75, 3.05) is 6.61 Å². The van der Waals surface area contributed by atoms with Crippen LogP contribution in [0.1, 0.15) is 55.6 Å². The van der Waals surface area contributed by atoms with E-state index in [1.54, 1.807) is 11.3 Å². The molecular formula is C14H22O2S. The molecule has 0 radical (unpaired) electrons.